The van der Waals surface area contributed by atoms with Crippen LogP contribution >= 0.6 is 15.8 Å². The molecule has 0 aromatic heterocycles. The van der Waals surface area contributed by atoms with Crippen LogP contribution in [-0.4, -0.2) is 5.66 Å². The second-order valence-corrected chi connectivity index (χ2v) is 16.0. The molecule has 40 heavy (non-hydrogen) atoms. The Kier molecular flexibility index (Phi) is 8.77. The third-order valence-electron chi connectivity index (χ3n) is 8.87. The van der Waals surface area contributed by atoms with Gasteiger partial charge in [0.2, 0.25) is 0 Å². The lowest BCUT2D eigenvalue weighted by Crippen LogP contribution is -2.39. The van der Waals surface area contributed by atoms with Crippen molar-refractivity contribution in [1.29, 1.82) is 0 Å². The van der Waals surface area contributed by atoms with E-state index in [1.165, 1.54) is 46.9 Å². The number of allylic oxidation sites excluding steroid dienone is 4. The number of benzene rings is 4. The van der Waals surface area contributed by atoms with Crippen LogP contribution in [0.3, 0.4) is 0 Å². The van der Waals surface area contributed by atoms with Crippen LogP contribution in [0.1, 0.15) is 39.5 Å². The van der Waals surface area contributed by atoms with Crippen molar-refractivity contribution in [2.24, 2.45) is 17.8 Å². The lowest BCUT2D eigenvalue weighted by molar-refractivity contribution is 0.280. The van der Waals surface area contributed by atoms with E-state index in [0.29, 0.717) is 23.4 Å². The molecule has 4 aromatic carbocycles. The molecule has 4 atom stereocenters. The summed E-state index contributed by atoms with van der Waals surface area (Å²) in [4.78, 5) is 0. The fourth-order valence-electron chi connectivity index (χ4n) is 7.10. The third kappa shape index (κ3) is 5.68. The van der Waals surface area contributed by atoms with E-state index in [0.717, 1.165) is 0 Å². The molecule has 2 aliphatic carbocycles. The van der Waals surface area contributed by atoms with Gasteiger partial charge >= 0.3 is 0 Å². The van der Waals surface area contributed by atoms with Crippen molar-refractivity contribution in [2.45, 2.75) is 45.2 Å². The van der Waals surface area contributed by atoms with Crippen LogP contribution in [0, 0.1) is 17.8 Å². The second kappa shape index (κ2) is 12.8. The Bertz CT molecular complexity index is 1350. The van der Waals surface area contributed by atoms with Gasteiger partial charge in [-0.25, -0.2) is 0 Å². The molecule has 0 aliphatic heterocycles. The highest BCUT2D eigenvalue weighted by Gasteiger charge is 2.44. The van der Waals surface area contributed by atoms with E-state index in [2.05, 4.69) is 147 Å². The van der Waals surface area contributed by atoms with Crippen molar-refractivity contribution in [2.75, 3.05) is 0 Å². The van der Waals surface area contributed by atoms with Gasteiger partial charge in [-0.15, -0.1) is 0 Å². The molecule has 0 amide bonds. The summed E-state index contributed by atoms with van der Waals surface area (Å²) in [5.41, 5.74) is 2.25. The Hall–Kier alpha value is -2.78. The number of hydrogen-bond donors (Lipinski definition) is 0. The SMILES string of the molecule is CC1=CCC[C@H](P(c2ccccc2)c2ccccc2)[C@@H]1[C@@H]1C(P(c2ccccc2)c2ccccc2)=CCCC1C. The molecule has 202 valence electrons. The van der Waals surface area contributed by atoms with Crippen LogP contribution in [-0.2, 0) is 0 Å². The second-order valence-electron chi connectivity index (χ2n) is 11.4. The summed E-state index contributed by atoms with van der Waals surface area (Å²) in [6.07, 6.45) is 10.2. The van der Waals surface area contributed by atoms with Gasteiger partial charge in [-0.05, 0) is 98.4 Å². The van der Waals surface area contributed by atoms with Gasteiger partial charge in [-0.2, -0.15) is 0 Å². The molecule has 0 spiro atoms. The molecule has 4 aromatic rings. The zero-order chi connectivity index (χ0) is 27.3. The smallest absolute Gasteiger partial charge is 0.00544 e. The highest BCUT2D eigenvalue weighted by molar-refractivity contribution is 7.76. The number of rotatable bonds is 7. The van der Waals surface area contributed by atoms with Gasteiger partial charge in [-0.3, -0.25) is 0 Å². The van der Waals surface area contributed by atoms with Gasteiger partial charge in [0.25, 0.3) is 0 Å². The minimum absolute atomic E-state index is 0.487. The normalized spacial score (nSPS) is 23.1. The first-order valence-electron chi connectivity index (χ1n) is 14.9. The zero-order valence-electron chi connectivity index (χ0n) is 23.7. The predicted molar refractivity (Wildman–Crippen MR) is 178 cm³/mol. The fourth-order valence-corrected chi connectivity index (χ4v) is 13.2. The largest absolute Gasteiger partial charge is 0.0853 e. The first-order chi connectivity index (χ1) is 19.7. The third-order valence-corrected chi connectivity index (χ3v) is 14.5. The molecule has 0 nitrogen and oxygen atoms in total. The van der Waals surface area contributed by atoms with E-state index >= 15 is 0 Å². The number of hydrogen-bond acceptors (Lipinski definition) is 0. The molecule has 1 unspecified atom stereocenters. The van der Waals surface area contributed by atoms with Gasteiger partial charge in [0, 0.05) is 0 Å². The summed E-state index contributed by atoms with van der Waals surface area (Å²) in [5, 5.41) is 7.73. The van der Waals surface area contributed by atoms with Gasteiger partial charge in [0.15, 0.2) is 0 Å². The van der Waals surface area contributed by atoms with Crippen LogP contribution < -0.4 is 21.2 Å². The molecule has 2 heteroatoms. The van der Waals surface area contributed by atoms with Crippen molar-refractivity contribution in [3.8, 4) is 0 Å². The summed E-state index contributed by atoms with van der Waals surface area (Å²) in [6, 6.07) is 45.6. The molecule has 0 fully saturated rings. The molecular weight excluding hydrogens is 518 g/mol. The first kappa shape index (κ1) is 27.4. The molecular formula is C38H40P2. The average molecular weight is 559 g/mol. The highest BCUT2D eigenvalue weighted by Crippen LogP contribution is 2.60. The van der Waals surface area contributed by atoms with E-state index in [9.17, 15) is 0 Å². The standard InChI is InChI=1S/C38H40P2/c1-29-17-15-27-35(39(31-19-7-3-8-20-31)32-21-9-4-10-22-32)37(29)38-30(2)18-16-28-36(38)40(33-23-11-5-12-24-33)34-25-13-6-14-26-34/h3-14,17,19-26,28,30,35,37-38H,15-16,18,27H2,1-2H3/t30?,35-,37+,38-/m0/s1. The van der Waals surface area contributed by atoms with Gasteiger partial charge in [0.1, 0.15) is 0 Å². The van der Waals surface area contributed by atoms with E-state index < -0.39 is 15.8 Å². The monoisotopic (exact) mass is 558 g/mol. The Labute approximate surface area is 243 Å². The molecule has 2 aliphatic rings. The van der Waals surface area contributed by atoms with Crippen LogP contribution in [0.2, 0.25) is 0 Å². The first-order valence-corrected chi connectivity index (χ1v) is 17.6. The van der Waals surface area contributed by atoms with Crippen molar-refractivity contribution in [3.05, 3.63) is 144 Å². The minimum atomic E-state index is -0.585. The molecule has 0 heterocycles. The van der Waals surface area contributed by atoms with Gasteiger partial charge in [-0.1, -0.05) is 146 Å². The summed E-state index contributed by atoms with van der Waals surface area (Å²) >= 11 is 0. The predicted octanol–water partition coefficient (Wildman–Crippen LogP) is 8.91. The summed E-state index contributed by atoms with van der Waals surface area (Å²) in [7, 11) is -1.07. The van der Waals surface area contributed by atoms with Crippen LogP contribution in [0.25, 0.3) is 0 Å². The maximum Gasteiger partial charge on any atom is -0.00544 e. The van der Waals surface area contributed by atoms with Gasteiger partial charge in [0.05, 0.1) is 0 Å². The van der Waals surface area contributed by atoms with Crippen molar-refractivity contribution >= 4 is 37.1 Å². The topological polar surface area (TPSA) is 0 Å². The average Bonchev–Trinajstić information content (AvgIpc) is 3.01. The van der Waals surface area contributed by atoms with E-state index in [1.54, 1.807) is 10.9 Å². The van der Waals surface area contributed by atoms with E-state index in [1.807, 2.05) is 0 Å². The lowest BCUT2D eigenvalue weighted by Gasteiger charge is -2.47. The highest BCUT2D eigenvalue weighted by atomic mass is 31.1. The molecule has 0 saturated carbocycles. The molecule has 0 saturated heterocycles. The van der Waals surface area contributed by atoms with Crippen LogP contribution in [0.4, 0.5) is 0 Å². The zero-order valence-corrected chi connectivity index (χ0v) is 25.5. The summed E-state index contributed by atoms with van der Waals surface area (Å²) in [6.45, 7) is 5.00. The Balaban J connectivity index is 1.49. The maximum atomic E-state index is 2.67. The van der Waals surface area contributed by atoms with Crippen molar-refractivity contribution in [3.63, 3.8) is 0 Å². The maximum absolute atomic E-state index is 2.67. The molecule has 6 rings (SSSR count). The Morgan fingerprint density at radius 1 is 0.525 bits per heavy atom. The fraction of sp³-hybridized carbons (Fsp3) is 0.263. The summed E-state index contributed by atoms with van der Waals surface area (Å²) < 4.78 is 0. The molecule has 0 N–H and O–H groups in total. The van der Waals surface area contributed by atoms with Gasteiger partial charge < -0.3 is 0 Å². The minimum Gasteiger partial charge on any atom is -0.0853 e. The van der Waals surface area contributed by atoms with Crippen molar-refractivity contribution < 1.29 is 0 Å². The quantitative estimate of drug-likeness (QED) is 0.157. The molecule has 0 radical (unpaired) electrons. The van der Waals surface area contributed by atoms with Crippen LogP contribution in [0.5, 0.6) is 0 Å². The Morgan fingerprint density at radius 3 is 1.48 bits per heavy atom. The van der Waals surface area contributed by atoms with E-state index in [4.69, 9.17) is 0 Å². The summed E-state index contributed by atoms with van der Waals surface area (Å²) in [5.74, 6) is 1.77. The van der Waals surface area contributed by atoms with Crippen molar-refractivity contribution in [1.82, 2.24) is 0 Å². The molecule has 0 bridgehead atoms. The lowest BCUT2D eigenvalue weighted by atomic mass is 9.70. The van der Waals surface area contributed by atoms with Crippen LogP contribution in [0.15, 0.2) is 144 Å². The van der Waals surface area contributed by atoms with E-state index in [-0.39, 0.29) is 0 Å². The Morgan fingerprint density at radius 2 is 0.975 bits per heavy atom.